The summed E-state index contributed by atoms with van der Waals surface area (Å²) in [7, 11) is 0. The highest BCUT2D eigenvalue weighted by Gasteiger charge is 2.11. The summed E-state index contributed by atoms with van der Waals surface area (Å²) in [6.07, 6.45) is 12.1. The van der Waals surface area contributed by atoms with Crippen LogP contribution >= 0.6 is 0 Å². The Morgan fingerprint density at radius 2 is 1.38 bits per heavy atom. The molecular formula is C20H34O4. The van der Waals surface area contributed by atoms with Crippen LogP contribution in [0, 0.1) is 5.92 Å². The maximum atomic E-state index is 10.0. The van der Waals surface area contributed by atoms with E-state index >= 15 is 0 Å². The molecule has 138 valence electrons. The highest BCUT2D eigenvalue weighted by molar-refractivity contribution is 5.14. The first-order chi connectivity index (χ1) is 11.3. The molecule has 0 aromatic rings. The van der Waals surface area contributed by atoms with E-state index in [9.17, 15) is 20.4 Å². The van der Waals surface area contributed by atoms with E-state index in [2.05, 4.69) is 0 Å². The van der Waals surface area contributed by atoms with Gasteiger partial charge in [-0.1, -0.05) is 56.4 Å². The molecule has 0 aliphatic carbocycles. The minimum atomic E-state index is -0.718. The molecule has 24 heavy (non-hydrogen) atoms. The van der Waals surface area contributed by atoms with Crippen LogP contribution in [0.25, 0.3) is 0 Å². The molecule has 0 rings (SSSR count). The second-order valence-corrected chi connectivity index (χ2v) is 6.28. The maximum Gasteiger partial charge on any atom is 0.0833 e. The Balaban J connectivity index is 4.15. The predicted octanol–water partition coefficient (Wildman–Crippen LogP) is 2.89. The van der Waals surface area contributed by atoms with Crippen molar-refractivity contribution in [1.82, 2.24) is 0 Å². The monoisotopic (exact) mass is 338 g/mol. The van der Waals surface area contributed by atoms with Crippen LogP contribution in [0.4, 0.5) is 0 Å². The van der Waals surface area contributed by atoms with Gasteiger partial charge in [-0.3, -0.25) is 0 Å². The van der Waals surface area contributed by atoms with Crippen LogP contribution in [0.1, 0.15) is 47.0 Å². The maximum absolute atomic E-state index is 10.0. The number of aliphatic hydroxyl groups is 4. The molecule has 0 aromatic carbocycles. The quantitative estimate of drug-likeness (QED) is 0.345. The first kappa shape index (κ1) is 22.8. The fourth-order valence-corrected chi connectivity index (χ4v) is 1.99. The van der Waals surface area contributed by atoms with Gasteiger partial charge in [0.2, 0.25) is 0 Å². The van der Waals surface area contributed by atoms with Crippen molar-refractivity contribution in [2.45, 2.75) is 71.4 Å². The molecule has 5 atom stereocenters. The van der Waals surface area contributed by atoms with Crippen molar-refractivity contribution >= 4 is 0 Å². The molecule has 4 nitrogen and oxygen atoms in total. The molecule has 0 spiro atoms. The fourth-order valence-electron chi connectivity index (χ4n) is 1.99. The van der Waals surface area contributed by atoms with Gasteiger partial charge in [-0.25, -0.2) is 0 Å². The predicted molar refractivity (Wildman–Crippen MR) is 99.6 cm³/mol. The van der Waals surface area contributed by atoms with Gasteiger partial charge in [0.05, 0.1) is 24.4 Å². The Labute approximate surface area is 146 Å². The van der Waals surface area contributed by atoms with E-state index in [-0.39, 0.29) is 5.92 Å². The van der Waals surface area contributed by atoms with Gasteiger partial charge in [0, 0.05) is 5.92 Å². The van der Waals surface area contributed by atoms with Crippen molar-refractivity contribution in [1.29, 1.82) is 0 Å². The summed E-state index contributed by atoms with van der Waals surface area (Å²) in [5.74, 6) is 0.0234. The largest absolute Gasteiger partial charge is 0.393 e. The summed E-state index contributed by atoms with van der Waals surface area (Å²) < 4.78 is 0. The van der Waals surface area contributed by atoms with E-state index in [0.29, 0.717) is 19.3 Å². The van der Waals surface area contributed by atoms with Crippen LogP contribution in [0.15, 0.2) is 48.1 Å². The minimum Gasteiger partial charge on any atom is -0.393 e. The van der Waals surface area contributed by atoms with Crippen LogP contribution in [-0.4, -0.2) is 44.8 Å². The summed E-state index contributed by atoms with van der Waals surface area (Å²) in [5, 5.41) is 38.5. The van der Waals surface area contributed by atoms with Gasteiger partial charge < -0.3 is 20.4 Å². The molecule has 0 saturated carbocycles. The van der Waals surface area contributed by atoms with Crippen molar-refractivity contribution in [2.24, 2.45) is 5.92 Å². The first-order valence-electron chi connectivity index (χ1n) is 8.68. The zero-order chi connectivity index (χ0) is 18.5. The minimum absolute atomic E-state index is 0.0234. The molecule has 5 unspecified atom stereocenters. The molecule has 0 saturated heterocycles. The highest BCUT2D eigenvalue weighted by atomic mass is 16.3. The summed E-state index contributed by atoms with van der Waals surface area (Å²) in [6.45, 7) is 7.36. The smallest absolute Gasteiger partial charge is 0.0833 e. The molecule has 0 aliphatic rings. The molecule has 0 aromatic heterocycles. The second kappa shape index (κ2) is 13.1. The van der Waals surface area contributed by atoms with Gasteiger partial charge in [-0.05, 0) is 38.7 Å². The lowest BCUT2D eigenvalue weighted by atomic mass is 9.99. The molecule has 4 N–H and O–H groups in total. The van der Waals surface area contributed by atoms with Crippen LogP contribution in [0.5, 0.6) is 0 Å². The molecule has 0 heterocycles. The van der Waals surface area contributed by atoms with E-state index in [4.69, 9.17) is 0 Å². The Bertz CT molecular complexity index is 435. The van der Waals surface area contributed by atoms with Gasteiger partial charge >= 0.3 is 0 Å². The van der Waals surface area contributed by atoms with Gasteiger partial charge in [-0.2, -0.15) is 0 Å². The molecule has 0 fully saturated rings. The van der Waals surface area contributed by atoms with Gasteiger partial charge in [0.15, 0.2) is 0 Å². The summed E-state index contributed by atoms with van der Waals surface area (Å²) in [6, 6.07) is 0. The molecular weight excluding hydrogens is 304 g/mol. The molecule has 0 bridgehead atoms. The van der Waals surface area contributed by atoms with Gasteiger partial charge in [0.1, 0.15) is 0 Å². The van der Waals surface area contributed by atoms with Crippen molar-refractivity contribution in [3.05, 3.63) is 48.1 Å². The normalized spacial score (nSPS) is 19.9. The van der Waals surface area contributed by atoms with E-state index < -0.39 is 24.4 Å². The Hall–Kier alpha value is -1.20. The van der Waals surface area contributed by atoms with Crippen LogP contribution in [0.3, 0.4) is 0 Å². The van der Waals surface area contributed by atoms with E-state index in [1.165, 1.54) is 0 Å². The topological polar surface area (TPSA) is 80.9 Å². The van der Waals surface area contributed by atoms with E-state index in [1.807, 2.05) is 63.3 Å². The third kappa shape index (κ3) is 10.6. The number of rotatable bonds is 11. The lowest BCUT2D eigenvalue weighted by molar-refractivity contribution is 0.0197. The Morgan fingerprint density at radius 1 is 0.833 bits per heavy atom. The van der Waals surface area contributed by atoms with Crippen LogP contribution in [-0.2, 0) is 0 Å². The average molecular weight is 338 g/mol. The van der Waals surface area contributed by atoms with Crippen LogP contribution < -0.4 is 0 Å². The van der Waals surface area contributed by atoms with Crippen molar-refractivity contribution < 1.29 is 20.4 Å². The molecule has 0 aliphatic heterocycles. The number of allylic oxidation sites excluding steroid dienone is 4. The Morgan fingerprint density at radius 3 is 1.88 bits per heavy atom. The SMILES string of the molecule is CCC(O)C(O)CC=CC=CC=CCC(O)C(C)=CC(C)C(C)O. The molecule has 0 radical (unpaired) electrons. The zero-order valence-corrected chi connectivity index (χ0v) is 15.3. The number of aliphatic hydroxyl groups excluding tert-OH is 4. The number of hydrogen-bond acceptors (Lipinski definition) is 4. The van der Waals surface area contributed by atoms with Crippen LogP contribution in [0.2, 0.25) is 0 Å². The summed E-state index contributed by atoms with van der Waals surface area (Å²) >= 11 is 0. The third-order valence-corrected chi connectivity index (χ3v) is 4.02. The highest BCUT2D eigenvalue weighted by Crippen LogP contribution is 2.13. The van der Waals surface area contributed by atoms with Crippen molar-refractivity contribution in [3.63, 3.8) is 0 Å². The van der Waals surface area contributed by atoms with Gasteiger partial charge in [-0.15, -0.1) is 0 Å². The third-order valence-electron chi connectivity index (χ3n) is 4.02. The summed E-state index contributed by atoms with van der Waals surface area (Å²) in [5.41, 5.74) is 0.861. The van der Waals surface area contributed by atoms with E-state index in [1.54, 1.807) is 6.92 Å². The fraction of sp³-hybridized carbons (Fsp3) is 0.600. The zero-order valence-electron chi connectivity index (χ0n) is 15.3. The molecule has 0 amide bonds. The average Bonchev–Trinajstić information content (AvgIpc) is 2.55. The second-order valence-electron chi connectivity index (χ2n) is 6.28. The lowest BCUT2D eigenvalue weighted by Crippen LogP contribution is -2.23. The van der Waals surface area contributed by atoms with Crippen molar-refractivity contribution in [3.8, 4) is 0 Å². The first-order valence-corrected chi connectivity index (χ1v) is 8.68. The summed E-state index contributed by atoms with van der Waals surface area (Å²) in [4.78, 5) is 0. The Kier molecular flexibility index (Phi) is 12.5. The lowest BCUT2D eigenvalue weighted by Gasteiger charge is -2.14. The van der Waals surface area contributed by atoms with E-state index in [0.717, 1.165) is 5.57 Å². The number of hydrogen-bond donors (Lipinski definition) is 4. The van der Waals surface area contributed by atoms with Crippen molar-refractivity contribution in [2.75, 3.05) is 0 Å². The van der Waals surface area contributed by atoms with Gasteiger partial charge in [0.25, 0.3) is 0 Å². The molecule has 4 heteroatoms. The standard InChI is InChI=1S/C20H34O4/c1-5-18(22)20(24)13-11-9-7-6-8-10-12-19(23)16(3)14-15(2)17(4)21/h6-11,14-15,17-24H,5,12-13H2,1-4H3.